The number of nitro groups is 1. The molecule has 4 nitrogen and oxygen atoms in total. The van der Waals surface area contributed by atoms with E-state index in [4.69, 9.17) is 0 Å². The summed E-state index contributed by atoms with van der Waals surface area (Å²) in [6.07, 6.45) is 4.73. The Balaban J connectivity index is 1.93. The fourth-order valence-electron chi connectivity index (χ4n) is 3.21. The highest BCUT2D eigenvalue weighted by Crippen LogP contribution is 2.28. The van der Waals surface area contributed by atoms with Gasteiger partial charge in [0, 0.05) is 18.2 Å². The number of hydrogen-bond donors (Lipinski definition) is 1. The fourth-order valence-corrected chi connectivity index (χ4v) is 3.21. The number of rotatable bonds is 5. The van der Waals surface area contributed by atoms with E-state index in [0.29, 0.717) is 11.8 Å². The maximum Gasteiger partial charge on any atom is 0.269 e. The standard InChI is InChI=1S/C17H24N2O2/c1-12-7-13(2)9-15(8-12)11-18-14(3)16-5-4-6-17(10-16)19(20)21/h4-7,10,12,14-15,18H,8-9,11H2,1-3H3. The molecule has 1 aromatic rings. The third-order valence-electron chi connectivity index (χ3n) is 4.18. The summed E-state index contributed by atoms with van der Waals surface area (Å²) in [6.45, 7) is 7.49. The minimum absolute atomic E-state index is 0.131. The second kappa shape index (κ2) is 6.85. The Hall–Kier alpha value is -1.68. The van der Waals surface area contributed by atoms with Gasteiger partial charge in [-0.2, -0.15) is 0 Å². The molecule has 1 aromatic carbocycles. The molecular formula is C17H24N2O2. The Bertz CT molecular complexity index is 539. The van der Waals surface area contributed by atoms with E-state index in [1.54, 1.807) is 12.1 Å². The number of nitro benzene ring substituents is 1. The number of hydrogen-bond acceptors (Lipinski definition) is 3. The second-order valence-electron chi connectivity index (χ2n) is 6.28. The SMILES string of the molecule is CC1=CC(C)CC(CNC(C)c2cccc([N+](=O)[O-])c2)C1. The summed E-state index contributed by atoms with van der Waals surface area (Å²) in [5.41, 5.74) is 2.61. The van der Waals surface area contributed by atoms with Gasteiger partial charge in [0.1, 0.15) is 0 Å². The molecule has 3 unspecified atom stereocenters. The van der Waals surface area contributed by atoms with Gasteiger partial charge in [0.2, 0.25) is 0 Å². The van der Waals surface area contributed by atoms with Crippen molar-refractivity contribution in [3.05, 3.63) is 51.6 Å². The molecule has 0 spiro atoms. The molecule has 1 aliphatic carbocycles. The van der Waals surface area contributed by atoms with E-state index >= 15 is 0 Å². The van der Waals surface area contributed by atoms with Crippen LogP contribution in [0, 0.1) is 22.0 Å². The molecular weight excluding hydrogens is 264 g/mol. The highest BCUT2D eigenvalue weighted by atomic mass is 16.6. The first kappa shape index (κ1) is 15.7. The van der Waals surface area contributed by atoms with Gasteiger partial charge < -0.3 is 5.32 Å². The molecule has 0 heterocycles. The summed E-state index contributed by atoms with van der Waals surface area (Å²) >= 11 is 0. The number of allylic oxidation sites excluding steroid dienone is 2. The van der Waals surface area contributed by atoms with E-state index < -0.39 is 0 Å². The van der Waals surface area contributed by atoms with E-state index in [2.05, 4.69) is 32.2 Å². The lowest BCUT2D eigenvalue weighted by Gasteiger charge is -2.27. The third-order valence-corrected chi connectivity index (χ3v) is 4.18. The molecule has 0 amide bonds. The van der Waals surface area contributed by atoms with Crippen LogP contribution in [0.1, 0.15) is 45.2 Å². The van der Waals surface area contributed by atoms with Crippen LogP contribution in [0.3, 0.4) is 0 Å². The van der Waals surface area contributed by atoms with Crippen LogP contribution in [0.5, 0.6) is 0 Å². The lowest BCUT2D eigenvalue weighted by molar-refractivity contribution is -0.384. The van der Waals surface area contributed by atoms with Crippen molar-refractivity contribution in [3.63, 3.8) is 0 Å². The van der Waals surface area contributed by atoms with E-state index in [1.807, 2.05) is 6.07 Å². The van der Waals surface area contributed by atoms with Gasteiger partial charge in [-0.1, -0.05) is 30.7 Å². The number of nitrogens with zero attached hydrogens (tertiary/aromatic N) is 1. The van der Waals surface area contributed by atoms with Crippen molar-refractivity contribution < 1.29 is 4.92 Å². The van der Waals surface area contributed by atoms with Crippen LogP contribution < -0.4 is 5.32 Å². The highest BCUT2D eigenvalue weighted by molar-refractivity contribution is 5.35. The zero-order chi connectivity index (χ0) is 15.4. The summed E-state index contributed by atoms with van der Waals surface area (Å²) in [5, 5.41) is 14.4. The quantitative estimate of drug-likeness (QED) is 0.501. The summed E-state index contributed by atoms with van der Waals surface area (Å²) < 4.78 is 0. The molecule has 0 fully saturated rings. The largest absolute Gasteiger partial charge is 0.310 e. The molecule has 4 heteroatoms. The van der Waals surface area contributed by atoms with Gasteiger partial charge in [0.25, 0.3) is 5.69 Å². The smallest absolute Gasteiger partial charge is 0.269 e. The average Bonchev–Trinajstić information content (AvgIpc) is 2.44. The van der Waals surface area contributed by atoms with Crippen LogP contribution in [0.4, 0.5) is 5.69 Å². The summed E-state index contributed by atoms with van der Waals surface area (Å²) in [4.78, 5) is 10.5. The molecule has 0 aliphatic heterocycles. The lowest BCUT2D eigenvalue weighted by Crippen LogP contribution is -2.28. The van der Waals surface area contributed by atoms with E-state index in [-0.39, 0.29) is 16.7 Å². The maximum absolute atomic E-state index is 10.8. The van der Waals surface area contributed by atoms with Gasteiger partial charge >= 0.3 is 0 Å². The van der Waals surface area contributed by atoms with Gasteiger partial charge in [-0.15, -0.1) is 0 Å². The normalized spacial score (nSPS) is 23.5. The van der Waals surface area contributed by atoms with Crippen molar-refractivity contribution >= 4 is 5.69 Å². The Kier molecular flexibility index (Phi) is 5.12. The molecule has 0 aromatic heterocycles. The fraction of sp³-hybridized carbons (Fsp3) is 0.529. The van der Waals surface area contributed by atoms with Crippen LogP contribution in [0.15, 0.2) is 35.9 Å². The van der Waals surface area contributed by atoms with Crippen LogP contribution >= 0.6 is 0 Å². The Morgan fingerprint density at radius 1 is 1.48 bits per heavy atom. The minimum Gasteiger partial charge on any atom is -0.310 e. The van der Waals surface area contributed by atoms with Crippen molar-refractivity contribution in [2.45, 2.75) is 39.7 Å². The maximum atomic E-state index is 10.8. The zero-order valence-electron chi connectivity index (χ0n) is 13.0. The number of nitrogens with one attached hydrogen (secondary N) is 1. The predicted octanol–water partition coefficient (Wildman–Crippen LogP) is 4.24. The Morgan fingerprint density at radius 3 is 2.90 bits per heavy atom. The second-order valence-corrected chi connectivity index (χ2v) is 6.28. The van der Waals surface area contributed by atoms with Gasteiger partial charge in [0.15, 0.2) is 0 Å². The molecule has 0 radical (unpaired) electrons. The Morgan fingerprint density at radius 2 is 2.24 bits per heavy atom. The lowest BCUT2D eigenvalue weighted by atomic mass is 9.83. The first-order chi connectivity index (χ1) is 9.95. The van der Waals surface area contributed by atoms with Gasteiger partial charge in [-0.05, 0) is 50.6 Å². The highest BCUT2D eigenvalue weighted by Gasteiger charge is 2.19. The van der Waals surface area contributed by atoms with Crippen LogP contribution in [0.2, 0.25) is 0 Å². The summed E-state index contributed by atoms with van der Waals surface area (Å²) in [7, 11) is 0. The zero-order valence-corrected chi connectivity index (χ0v) is 13.0. The molecule has 21 heavy (non-hydrogen) atoms. The molecule has 2 rings (SSSR count). The average molecular weight is 288 g/mol. The van der Waals surface area contributed by atoms with Gasteiger partial charge in [-0.3, -0.25) is 10.1 Å². The predicted molar refractivity (Wildman–Crippen MR) is 85.2 cm³/mol. The van der Waals surface area contributed by atoms with Crippen molar-refractivity contribution in [1.82, 2.24) is 5.32 Å². The van der Waals surface area contributed by atoms with Crippen molar-refractivity contribution in [1.29, 1.82) is 0 Å². The van der Waals surface area contributed by atoms with Gasteiger partial charge in [0.05, 0.1) is 4.92 Å². The van der Waals surface area contributed by atoms with E-state index in [1.165, 1.54) is 18.1 Å². The molecule has 1 N–H and O–H groups in total. The van der Waals surface area contributed by atoms with Crippen LogP contribution in [0.25, 0.3) is 0 Å². The van der Waals surface area contributed by atoms with Gasteiger partial charge in [-0.25, -0.2) is 0 Å². The van der Waals surface area contributed by atoms with Crippen molar-refractivity contribution in [2.75, 3.05) is 6.54 Å². The monoisotopic (exact) mass is 288 g/mol. The third kappa shape index (κ3) is 4.39. The molecule has 3 atom stereocenters. The first-order valence-corrected chi connectivity index (χ1v) is 7.60. The first-order valence-electron chi connectivity index (χ1n) is 7.60. The molecule has 0 saturated heterocycles. The molecule has 0 saturated carbocycles. The summed E-state index contributed by atoms with van der Waals surface area (Å²) in [6, 6.07) is 7.02. The van der Waals surface area contributed by atoms with Crippen LogP contribution in [-0.4, -0.2) is 11.5 Å². The topological polar surface area (TPSA) is 55.2 Å². The van der Waals surface area contributed by atoms with E-state index in [9.17, 15) is 10.1 Å². The minimum atomic E-state index is -0.340. The molecule has 114 valence electrons. The van der Waals surface area contributed by atoms with Crippen molar-refractivity contribution in [3.8, 4) is 0 Å². The van der Waals surface area contributed by atoms with E-state index in [0.717, 1.165) is 18.5 Å². The van der Waals surface area contributed by atoms with Crippen LogP contribution in [-0.2, 0) is 0 Å². The number of non-ortho nitro benzene ring substituents is 1. The molecule has 1 aliphatic rings. The number of benzene rings is 1. The molecule has 0 bridgehead atoms. The van der Waals surface area contributed by atoms with Crippen molar-refractivity contribution in [2.24, 2.45) is 11.8 Å². The Labute approximate surface area is 126 Å². The summed E-state index contributed by atoms with van der Waals surface area (Å²) in [5.74, 6) is 1.31.